The number of nitrogens with zero attached hydrogens (tertiary/aromatic N) is 1. The van der Waals surface area contributed by atoms with E-state index in [2.05, 4.69) is 41.6 Å². The summed E-state index contributed by atoms with van der Waals surface area (Å²) in [5.74, 6) is 0.112. The average molecular weight is 282 g/mol. The second-order valence-electron chi connectivity index (χ2n) is 5.71. The topological polar surface area (TPSA) is 32.3 Å². The van der Waals surface area contributed by atoms with Gasteiger partial charge < -0.3 is 5.32 Å². The summed E-state index contributed by atoms with van der Waals surface area (Å²) in [6, 6.07) is 4.50. The van der Waals surface area contributed by atoms with E-state index in [4.69, 9.17) is 0 Å². The Hall–Kier alpha value is -0.870. The highest BCUT2D eigenvalue weighted by Crippen LogP contribution is 2.24. The van der Waals surface area contributed by atoms with E-state index >= 15 is 0 Å². The van der Waals surface area contributed by atoms with Crippen molar-refractivity contribution in [2.45, 2.75) is 40.7 Å². The molecule has 0 aliphatic carbocycles. The van der Waals surface area contributed by atoms with Crippen LogP contribution in [0, 0.1) is 5.41 Å². The highest BCUT2D eigenvalue weighted by atomic mass is 32.1. The molecule has 0 saturated heterocycles. The fourth-order valence-electron chi connectivity index (χ4n) is 2.01. The van der Waals surface area contributed by atoms with Gasteiger partial charge in [0, 0.05) is 16.8 Å². The molecule has 0 spiro atoms. The van der Waals surface area contributed by atoms with E-state index in [0.29, 0.717) is 6.54 Å². The molecule has 0 aliphatic heterocycles. The van der Waals surface area contributed by atoms with Crippen LogP contribution in [0.15, 0.2) is 17.5 Å². The van der Waals surface area contributed by atoms with Crippen molar-refractivity contribution in [3.05, 3.63) is 22.4 Å². The maximum atomic E-state index is 12.0. The van der Waals surface area contributed by atoms with Gasteiger partial charge in [0.1, 0.15) is 0 Å². The summed E-state index contributed by atoms with van der Waals surface area (Å²) in [5.41, 5.74) is -0.330. The van der Waals surface area contributed by atoms with Crippen LogP contribution in [0.3, 0.4) is 0 Å². The zero-order valence-corrected chi connectivity index (χ0v) is 13.5. The molecule has 1 rings (SSSR count). The van der Waals surface area contributed by atoms with Crippen LogP contribution in [0.1, 0.15) is 45.5 Å². The van der Waals surface area contributed by atoms with Crippen LogP contribution < -0.4 is 5.32 Å². The molecular formula is C15H26N2OS. The lowest BCUT2D eigenvalue weighted by Crippen LogP contribution is -2.41. The average Bonchev–Trinajstić information content (AvgIpc) is 2.86. The lowest BCUT2D eigenvalue weighted by molar-refractivity contribution is -0.128. The van der Waals surface area contributed by atoms with Crippen molar-refractivity contribution in [1.29, 1.82) is 0 Å². The number of hydrogen-bond acceptors (Lipinski definition) is 3. The van der Waals surface area contributed by atoms with Crippen molar-refractivity contribution in [3.8, 4) is 0 Å². The Kier molecular flexibility index (Phi) is 6.01. The second-order valence-corrected chi connectivity index (χ2v) is 6.69. The normalized spacial score (nSPS) is 13.6. The third-order valence-electron chi connectivity index (χ3n) is 3.26. The molecule has 3 nitrogen and oxygen atoms in total. The monoisotopic (exact) mass is 282 g/mol. The number of amides is 1. The van der Waals surface area contributed by atoms with Crippen molar-refractivity contribution >= 4 is 17.2 Å². The van der Waals surface area contributed by atoms with Crippen LogP contribution in [0.25, 0.3) is 0 Å². The number of rotatable bonds is 6. The van der Waals surface area contributed by atoms with Gasteiger partial charge in [-0.2, -0.15) is 0 Å². The summed E-state index contributed by atoms with van der Waals surface area (Å²) < 4.78 is 0. The van der Waals surface area contributed by atoms with Crippen LogP contribution in [0.5, 0.6) is 0 Å². The van der Waals surface area contributed by atoms with Gasteiger partial charge in [0.2, 0.25) is 5.91 Å². The number of likely N-dealkylation sites (N-methyl/N-ethyl adjacent to an activating group) is 1. The molecule has 0 radical (unpaired) electrons. The number of carbonyl (C=O) groups is 1. The molecule has 1 aromatic heterocycles. The molecule has 1 N–H and O–H groups in total. The molecule has 108 valence electrons. The smallest absolute Gasteiger partial charge is 0.225 e. The molecule has 1 unspecified atom stereocenters. The predicted molar refractivity (Wildman–Crippen MR) is 82.4 cm³/mol. The SMILES string of the molecule is CCN(CC)C(CNC(=O)C(C)(C)C)c1cccs1. The van der Waals surface area contributed by atoms with Crippen molar-refractivity contribution in [1.82, 2.24) is 10.2 Å². The van der Waals surface area contributed by atoms with Gasteiger partial charge in [0.15, 0.2) is 0 Å². The van der Waals surface area contributed by atoms with Crippen LogP contribution >= 0.6 is 11.3 Å². The quantitative estimate of drug-likeness (QED) is 0.868. The largest absolute Gasteiger partial charge is 0.354 e. The lowest BCUT2D eigenvalue weighted by atomic mass is 9.95. The van der Waals surface area contributed by atoms with Gasteiger partial charge >= 0.3 is 0 Å². The molecule has 0 saturated carbocycles. The fourth-order valence-corrected chi connectivity index (χ4v) is 2.87. The van der Waals surface area contributed by atoms with Crippen LogP contribution in [0.4, 0.5) is 0 Å². The van der Waals surface area contributed by atoms with E-state index in [0.717, 1.165) is 13.1 Å². The van der Waals surface area contributed by atoms with E-state index < -0.39 is 0 Å². The van der Waals surface area contributed by atoms with Gasteiger partial charge in [-0.25, -0.2) is 0 Å². The first kappa shape index (κ1) is 16.2. The molecule has 4 heteroatoms. The summed E-state index contributed by atoms with van der Waals surface area (Å²) >= 11 is 1.76. The molecule has 0 aromatic carbocycles. The Morgan fingerprint density at radius 2 is 2.00 bits per heavy atom. The Labute approximate surface area is 121 Å². The van der Waals surface area contributed by atoms with Gasteiger partial charge in [-0.15, -0.1) is 11.3 Å². The van der Waals surface area contributed by atoms with E-state index in [1.165, 1.54) is 4.88 Å². The van der Waals surface area contributed by atoms with Crippen LogP contribution in [0.2, 0.25) is 0 Å². The van der Waals surface area contributed by atoms with Crippen molar-refractivity contribution in [2.75, 3.05) is 19.6 Å². The molecule has 1 aromatic rings. The Balaban J connectivity index is 2.74. The van der Waals surface area contributed by atoms with Gasteiger partial charge in [-0.3, -0.25) is 9.69 Å². The molecule has 1 heterocycles. The summed E-state index contributed by atoms with van der Waals surface area (Å²) in [7, 11) is 0. The molecule has 19 heavy (non-hydrogen) atoms. The lowest BCUT2D eigenvalue weighted by Gasteiger charge is -2.30. The molecule has 0 bridgehead atoms. The third-order valence-corrected chi connectivity index (χ3v) is 4.24. The maximum absolute atomic E-state index is 12.0. The van der Waals surface area contributed by atoms with Gasteiger partial charge in [-0.1, -0.05) is 40.7 Å². The zero-order valence-electron chi connectivity index (χ0n) is 12.7. The second kappa shape index (κ2) is 7.06. The number of nitrogens with one attached hydrogen (secondary N) is 1. The summed E-state index contributed by atoms with van der Waals surface area (Å²) in [6.07, 6.45) is 0. The Bertz CT molecular complexity index is 377. The Morgan fingerprint density at radius 3 is 2.42 bits per heavy atom. The van der Waals surface area contributed by atoms with E-state index in [1.807, 2.05) is 20.8 Å². The third kappa shape index (κ3) is 4.62. The first-order chi connectivity index (χ1) is 8.90. The molecule has 0 aliphatic rings. The van der Waals surface area contributed by atoms with Crippen molar-refractivity contribution in [3.63, 3.8) is 0 Å². The number of carbonyl (C=O) groups excluding carboxylic acids is 1. The minimum Gasteiger partial charge on any atom is -0.354 e. The van der Waals surface area contributed by atoms with Gasteiger partial charge in [0.05, 0.1) is 6.04 Å². The first-order valence-electron chi connectivity index (χ1n) is 6.95. The molecule has 1 amide bonds. The minimum absolute atomic E-state index is 0.112. The highest BCUT2D eigenvalue weighted by Gasteiger charge is 2.24. The molecule has 0 fully saturated rings. The predicted octanol–water partition coefficient (Wildman–Crippen LogP) is 3.29. The van der Waals surface area contributed by atoms with Crippen molar-refractivity contribution < 1.29 is 4.79 Å². The fraction of sp³-hybridized carbons (Fsp3) is 0.667. The number of hydrogen-bond donors (Lipinski definition) is 1. The Morgan fingerprint density at radius 1 is 1.37 bits per heavy atom. The highest BCUT2D eigenvalue weighted by molar-refractivity contribution is 7.10. The molecule has 1 atom stereocenters. The standard InChI is InChI=1S/C15H26N2OS/c1-6-17(7-2)12(13-9-8-10-19-13)11-16-14(18)15(3,4)5/h8-10,12H,6-7,11H2,1-5H3,(H,16,18). The van der Waals surface area contributed by atoms with Gasteiger partial charge in [-0.05, 0) is 24.5 Å². The first-order valence-corrected chi connectivity index (χ1v) is 7.83. The molecular weight excluding hydrogens is 256 g/mol. The zero-order chi connectivity index (χ0) is 14.5. The van der Waals surface area contributed by atoms with Gasteiger partial charge in [0.25, 0.3) is 0 Å². The summed E-state index contributed by atoms with van der Waals surface area (Å²) in [5, 5.41) is 5.18. The van der Waals surface area contributed by atoms with Crippen LogP contribution in [-0.2, 0) is 4.79 Å². The number of thiophene rings is 1. The maximum Gasteiger partial charge on any atom is 0.225 e. The van der Waals surface area contributed by atoms with Crippen LogP contribution in [-0.4, -0.2) is 30.4 Å². The summed E-state index contributed by atoms with van der Waals surface area (Å²) in [4.78, 5) is 15.7. The minimum atomic E-state index is -0.330. The summed E-state index contributed by atoms with van der Waals surface area (Å²) in [6.45, 7) is 12.8. The van der Waals surface area contributed by atoms with E-state index in [-0.39, 0.29) is 17.4 Å². The van der Waals surface area contributed by atoms with E-state index in [1.54, 1.807) is 11.3 Å². The van der Waals surface area contributed by atoms with Crippen molar-refractivity contribution in [2.24, 2.45) is 5.41 Å². The van der Waals surface area contributed by atoms with E-state index in [9.17, 15) is 4.79 Å².